The quantitative estimate of drug-likeness (QED) is 0.659. The maximum atomic E-state index is 11.7. The van der Waals surface area contributed by atoms with Gasteiger partial charge in [-0.25, -0.2) is 4.79 Å². The van der Waals surface area contributed by atoms with Crippen LogP contribution < -0.4 is 4.74 Å². The fourth-order valence-corrected chi connectivity index (χ4v) is 2.27. The molecule has 0 saturated carbocycles. The first-order valence-electron chi connectivity index (χ1n) is 6.89. The number of hydrogen-bond acceptors (Lipinski definition) is 3. The fourth-order valence-electron chi connectivity index (χ4n) is 1.81. The van der Waals surface area contributed by atoms with E-state index in [4.69, 9.17) is 32.7 Å². The first kappa shape index (κ1) is 19.3. The van der Waals surface area contributed by atoms with Crippen molar-refractivity contribution in [2.75, 3.05) is 6.61 Å². The van der Waals surface area contributed by atoms with Crippen molar-refractivity contribution in [1.82, 2.24) is 0 Å². The molecule has 3 nitrogen and oxygen atoms in total. The van der Waals surface area contributed by atoms with Crippen LogP contribution in [-0.4, -0.2) is 12.6 Å². The molecule has 2 rings (SSSR count). The normalized spacial score (nSPS) is 9.87. The smallest absolute Gasteiger partial charge is 0.344 e. The van der Waals surface area contributed by atoms with Crippen LogP contribution in [0, 0.1) is 0 Å². The van der Waals surface area contributed by atoms with Crippen molar-refractivity contribution in [2.45, 2.75) is 27.4 Å². The number of ether oxygens (including phenoxy) is 2. The minimum absolute atomic E-state index is 0. The van der Waals surface area contributed by atoms with Crippen molar-refractivity contribution in [2.24, 2.45) is 0 Å². The maximum Gasteiger partial charge on any atom is 0.344 e. The van der Waals surface area contributed by atoms with Gasteiger partial charge in [-0.15, -0.1) is 0 Å². The lowest BCUT2D eigenvalue weighted by Gasteiger charge is -2.09. The summed E-state index contributed by atoms with van der Waals surface area (Å²) in [6.07, 6.45) is 0.982. The Hall–Kier alpha value is -1.71. The van der Waals surface area contributed by atoms with Gasteiger partial charge in [-0.05, 0) is 35.7 Å². The van der Waals surface area contributed by atoms with E-state index in [-0.39, 0.29) is 20.6 Å². The van der Waals surface area contributed by atoms with Crippen molar-refractivity contribution in [3.63, 3.8) is 0 Å². The molecule has 0 aliphatic rings. The number of aryl methyl sites for hydroxylation is 1. The lowest BCUT2D eigenvalue weighted by Crippen LogP contribution is -2.14. The highest BCUT2D eigenvalue weighted by atomic mass is 35.5. The Morgan fingerprint density at radius 2 is 1.70 bits per heavy atom. The summed E-state index contributed by atoms with van der Waals surface area (Å²) in [6, 6.07) is 12.7. The number of halogens is 2. The van der Waals surface area contributed by atoms with Crippen LogP contribution in [0.3, 0.4) is 0 Å². The molecule has 2 aromatic carbocycles. The van der Waals surface area contributed by atoms with E-state index in [0.717, 1.165) is 12.0 Å². The zero-order valence-corrected chi connectivity index (χ0v) is 13.7. The van der Waals surface area contributed by atoms with Crippen LogP contribution in [0.1, 0.15) is 25.5 Å². The van der Waals surface area contributed by atoms with Crippen LogP contribution in [-0.2, 0) is 22.6 Å². The van der Waals surface area contributed by atoms with E-state index in [1.165, 1.54) is 5.56 Å². The van der Waals surface area contributed by atoms with E-state index >= 15 is 0 Å². The Labute approximate surface area is 147 Å². The molecule has 0 aliphatic heterocycles. The molecule has 0 bridgehead atoms. The largest absolute Gasteiger partial charge is 0.480 e. The van der Waals surface area contributed by atoms with Gasteiger partial charge in [0.1, 0.15) is 12.4 Å². The van der Waals surface area contributed by atoms with E-state index in [1.807, 2.05) is 24.3 Å². The summed E-state index contributed by atoms with van der Waals surface area (Å²) in [5.41, 5.74) is 2.19. The lowest BCUT2D eigenvalue weighted by atomic mass is 10.1. The molecule has 124 valence electrons. The topological polar surface area (TPSA) is 35.5 Å². The summed E-state index contributed by atoms with van der Waals surface area (Å²) >= 11 is 11.7. The summed E-state index contributed by atoms with van der Waals surface area (Å²) in [7, 11) is 0. The van der Waals surface area contributed by atoms with Gasteiger partial charge in [-0.2, -0.15) is 0 Å². The van der Waals surface area contributed by atoms with Gasteiger partial charge in [0, 0.05) is 5.02 Å². The Morgan fingerprint density at radius 3 is 2.30 bits per heavy atom. The average Bonchev–Trinajstić information content (AvgIpc) is 2.52. The maximum absolute atomic E-state index is 11.7. The minimum Gasteiger partial charge on any atom is -0.480 e. The highest BCUT2D eigenvalue weighted by Gasteiger charge is 2.08. The van der Waals surface area contributed by atoms with Gasteiger partial charge in [0.2, 0.25) is 0 Å². The summed E-state index contributed by atoms with van der Waals surface area (Å²) in [5.74, 6) is -0.0547. The Balaban J connectivity index is 0.00000264. The first-order valence-corrected chi connectivity index (χ1v) is 7.65. The van der Waals surface area contributed by atoms with Crippen LogP contribution in [0.25, 0.3) is 0 Å². The van der Waals surface area contributed by atoms with E-state index in [1.54, 1.807) is 18.2 Å². The molecule has 0 heterocycles. The van der Waals surface area contributed by atoms with Crippen LogP contribution in [0.4, 0.5) is 0 Å². The summed E-state index contributed by atoms with van der Waals surface area (Å²) < 4.78 is 10.5. The standard InChI is InChI=1S/C17H16Cl2O3.CH4/c1-2-12-3-5-13(6-4-12)10-22-17(20)11-21-16-8-7-14(18)9-15(16)19;/h3-9H,2,10-11H2,1H3;1H4. The Bertz CT molecular complexity index is 639. The van der Waals surface area contributed by atoms with Gasteiger partial charge < -0.3 is 9.47 Å². The van der Waals surface area contributed by atoms with Crippen LogP contribution >= 0.6 is 23.2 Å². The van der Waals surface area contributed by atoms with Crippen molar-refractivity contribution in [1.29, 1.82) is 0 Å². The average molecular weight is 355 g/mol. The molecule has 0 fully saturated rings. The Kier molecular flexibility index (Phi) is 7.93. The van der Waals surface area contributed by atoms with Crippen LogP contribution in [0.2, 0.25) is 10.0 Å². The summed E-state index contributed by atoms with van der Waals surface area (Å²) in [4.78, 5) is 11.7. The van der Waals surface area contributed by atoms with Gasteiger partial charge in [-0.3, -0.25) is 0 Å². The van der Waals surface area contributed by atoms with Crippen molar-refractivity contribution in [3.05, 3.63) is 63.6 Å². The van der Waals surface area contributed by atoms with Gasteiger partial charge in [-0.1, -0.05) is 61.8 Å². The number of carbonyl (C=O) groups excluding carboxylic acids is 1. The molecule has 5 heteroatoms. The monoisotopic (exact) mass is 354 g/mol. The van der Waals surface area contributed by atoms with Crippen LogP contribution in [0.5, 0.6) is 5.75 Å². The molecule has 0 aliphatic carbocycles. The van der Waals surface area contributed by atoms with E-state index in [2.05, 4.69) is 6.92 Å². The number of carbonyl (C=O) groups is 1. The second-order valence-corrected chi connectivity index (χ2v) is 5.54. The number of rotatable bonds is 6. The molecule has 0 spiro atoms. The Morgan fingerprint density at radius 1 is 1.04 bits per heavy atom. The summed E-state index contributed by atoms with van der Waals surface area (Å²) in [5, 5.41) is 0.867. The van der Waals surface area contributed by atoms with Gasteiger partial charge in [0.15, 0.2) is 6.61 Å². The fraction of sp³-hybridized carbons (Fsp3) is 0.278. The highest BCUT2D eigenvalue weighted by Crippen LogP contribution is 2.27. The molecule has 0 aromatic heterocycles. The van der Waals surface area contributed by atoms with Gasteiger partial charge in [0.25, 0.3) is 0 Å². The van der Waals surface area contributed by atoms with Gasteiger partial charge >= 0.3 is 5.97 Å². The van der Waals surface area contributed by atoms with Gasteiger partial charge in [0.05, 0.1) is 5.02 Å². The third kappa shape index (κ3) is 6.12. The zero-order valence-electron chi connectivity index (χ0n) is 12.1. The molecule has 0 saturated heterocycles. The SMILES string of the molecule is C.CCc1ccc(COC(=O)COc2ccc(Cl)cc2Cl)cc1. The molecule has 2 aromatic rings. The highest BCUT2D eigenvalue weighted by molar-refractivity contribution is 6.35. The number of hydrogen-bond donors (Lipinski definition) is 0. The molecular weight excluding hydrogens is 335 g/mol. The second-order valence-electron chi connectivity index (χ2n) is 4.69. The molecule has 0 N–H and O–H groups in total. The van der Waals surface area contributed by atoms with E-state index in [9.17, 15) is 4.79 Å². The van der Waals surface area contributed by atoms with E-state index < -0.39 is 5.97 Å². The predicted octanol–water partition coefficient (Wildman–Crippen LogP) is 5.31. The number of benzene rings is 2. The minimum atomic E-state index is -0.453. The molecule has 0 radical (unpaired) electrons. The van der Waals surface area contributed by atoms with Crippen molar-refractivity contribution in [3.8, 4) is 5.75 Å². The lowest BCUT2D eigenvalue weighted by molar-refractivity contribution is -0.147. The third-order valence-electron chi connectivity index (χ3n) is 3.07. The summed E-state index contributed by atoms with van der Waals surface area (Å²) in [6.45, 7) is 2.11. The molecular formula is C18H20Cl2O3. The van der Waals surface area contributed by atoms with E-state index in [0.29, 0.717) is 15.8 Å². The first-order chi connectivity index (χ1) is 10.6. The van der Waals surface area contributed by atoms with Crippen LogP contribution in [0.15, 0.2) is 42.5 Å². The predicted molar refractivity (Wildman–Crippen MR) is 94.3 cm³/mol. The molecule has 23 heavy (non-hydrogen) atoms. The molecule has 0 amide bonds. The second kappa shape index (κ2) is 9.43. The molecule has 0 unspecified atom stereocenters. The van der Waals surface area contributed by atoms with Crippen molar-refractivity contribution < 1.29 is 14.3 Å². The molecule has 0 atom stereocenters. The van der Waals surface area contributed by atoms with Crippen molar-refractivity contribution >= 4 is 29.2 Å². The number of esters is 1. The zero-order chi connectivity index (χ0) is 15.9. The third-order valence-corrected chi connectivity index (χ3v) is 3.60.